The standard InChI is InChI=1S/C14H9BrF4O/c1-6-2-8(10(17)5-9(6)16)14(20)13-11(18)3-7(15)4-12(13)19/h2-5,14,20H,1H3. The molecule has 0 aliphatic rings. The lowest BCUT2D eigenvalue weighted by atomic mass is 9.98. The van der Waals surface area contributed by atoms with Crippen LogP contribution in [-0.4, -0.2) is 5.11 Å². The van der Waals surface area contributed by atoms with Gasteiger partial charge in [0.05, 0.1) is 5.56 Å². The molecule has 2 aromatic rings. The number of aliphatic hydroxyl groups is 1. The van der Waals surface area contributed by atoms with E-state index in [-0.39, 0.29) is 15.6 Å². The average Bonchev–Trinajstić information content (AvgIpc) is 2.32. The first-order valence-corrected chi connectivity index (χ1v) is 6.38. The second-order valence-electron chi connectivity index (χ2n) is 4.31. The van der Waals surface area contributed by atoms with Gasteiger partial charge in [0.25, 0.3) is 0 Å². The molecule has 20 heavy (non-hydrogen) atoms. The van der Waals surface area contributed by atoms with Crippen LogP contribution in [-0.2, 0) is 0 Å². The molecule has 0 aliphatic heterocycles. The van der Waals surface area contributed by atoms with Crippen molar-refractivity contribution >= 4 is 15.9 Å². The normalized spacial score (nSPS) is 12.6. The van der Waals surface area contributed by atoms with Gasteiger partial charge in [-0.1, -0.05) is 15.9 Å². The van der Waals surface area contributed by atoms with Gasteiger partial charge in [0.1, 0.15) is 29.4 Å². The largest absolute Gasteiger partial charge is 0.383 e. The summed E-state index contributed by atoms with van der Waals surface area (Å²) in [6.07, 6.45) is -1.86. The van der Waals surface area contributed by atoms with Crippen LogP contribution >= 0.6 is 15.9 Å². The molecule has 1 N–H and O–H groups in total. The highest BCUT2D eigenvalue weighted by Crippen LogP contribution is 2.31. The molecule has 2 aromatic carbocycles. The summed E-state index contributed by atoms with van der Waals surface area (Å²) in [6, 6.07) is 3.50. The number of rotatable bonds is 2. The molecule has 0 aromatic heterocycles. The third-order valence-electron chi connectivity index (χ3n) is 2.89. The zero-order valence-corrected chi connectivity index (χ0v) is 11.8. The summed E-state index contributed by atoms with van der Waals surface area (Å²) in [4.78, 5) is 0. The molecule has 0 heterocycles. The van der Waals surface area contributed by atoms with Gasteiger partial charge in [-0.05, 0) is 30.7 Å². The molecule has 0 amide bonds. The van der Waals surface area contributed by atoms with Crippen molar-refractivity contribution in [3.63, 3.8) is 0 Å². The summed E-state index contributed by atoms with van der Waals surface area (Å²) in [5.74, 6) is -3.91. The van der Waals surface area contributed by atoms with E-state index in [4.69, 9.17) is 0 Å². The van der Waals surface area contributed by atoms with Crippen LogP contribution in [0.1, 0.15) is 22.8 Å². The van der Waals surface area contributed by atoms with E-state index in [0.717, 1.165) is 18.2 Å². The van der Waals surface area contributed by atoms with Gasteiger partial charge in [0, 0.05) is 16.1 Å². The van der Waals surface area contributed by atoms with Gasteiger partial charge in [0.15, 0.2) is 0 Å². The highest BCUT2D eigenvalue weighted by atomic mass is 79.9. The highest BCUT2D eigenvalue weighted by molar-refractivity contribution is 9.10. The van der Waals surface area contributed by atoms with Crippen molar-refractivity contribution in [1.29, 1.82) is 0 Å². The number of aliphatic hydroxyl groups excluding tert-OH is 1. The number of hydrogen-bond acceptors (Lipinski definition) is 1. The molecule has 0 fully saturated rings. The summed E-state index contributed by atoms with van der Waals surface area (Å²) >= 11 is 2.90. The molecular weight excluding hydrogens is 340 g/mol. The minimum Gasteiger partial charge on any atom is -0.383 e. The van der Waals surface area contributed by atoms with Crippen LogP contribution < -0.4 is 0 Å². The minimum absolute atomic E-state index is 0.0679. The molecule has 106 valence electrons. The summed E-state index contributed by atoms with van der Waals surface area (Å²) in [5, 5.41) is 9.98. The summed E-state index contributed by atoms with van der Waals surface area (Å²) < 4.78 is 54.4. The zero-order valence-electron chi connectivity index (χ0n) is 10.2. The zero-order chi connectivity index (χ0) is 15.0. The molecule has 1 atom stereocenters. The van der Waals surface area contributed by atoms with E-state index in [0.29, 0.717) is 6.07 Å². The fourth-order valence-electron chi connectivity index (χ4n) is 1.86. The fourth-order valence-corrected chi connectivity index (χ4v) is 2.26. The third kappa shape index (κ3) is 2.71. The Bertz CT molecular complexity index is 649. The lowest BCUT2D eigenvalue weighted by Gasteiger charge is -2.15. The molecule has 0 spiro atoms. The lowest BCUT2D eigenvalue weighted by Crippen LogP contribution is -2.09. The molecule has 0 bridgehead atoms. The molecule has 6 heteroatoms. The molecular formula is C14H9BrF4O. The number of halogens is 5. The Hall–Kier alpha value is -1.40. The highest BCUT2D eigenvalue weighted by Gasteiger charge is 2.24. The molecule has 1 unspecified atom stereocenters. The SMILES string of the molecule is Cc1cc(C(O)c2c(F)cc(Br)cc2F)c(F)cc1F. The Morgan fingerprint density at radius 3 is 2.00 bits per heavy atom. The van der Waals surface area contributed by atoms with Gasteiger partial charge in [0.2, 0.25) is 0 Å². The average molecular weight is 349 g/mol. The number of benzene rings is 2. The van der Waals surface area contributed by atoms with Crippen molar-refractivity contribution in [2.24, 2.45) is 0 Å². The van der Waals surface area contributed by atoms with Crippen LogP contribution in [0, 0.1) is 30.2 Å². The van der Waals surface area contributed by atoms with Crippen LogP contribution in [0.25, 0.3) is 0 Å². The molecule has 0 aliphatic carbocycles. The topological polar surface area (TPSA) is 20.2 Å². The van der Waals surface area contributed by atoms with Gasteiger partial charge in [-0.3, -0.25) is 0 Å². The van der Waals surface area contributed by atoms with Crippen molar-refractivity contribution in [3.8, 4) is 0 Å². The van der Waals surface area contributed by atoms with Crippen molar-refractivity contribution in [2.45, 2.75) is 13.0 Å². The van der Waals surface area contributed by atoms with Gasteiger partial charge in [-0.25, -0.2) is 17.6 Å². The Kier molecular flexibility index (Phi) is 4.15. The van der Waals surface area contributed by atoms with E-state index >= 15 is 0 Å². The van der Waals surface area contributed by atoms with Crippen LogP contribution in [0.3, 0.4) is 0 Å². The van der Waals surface area contributed by atoms with E-state index in [9.17, 15) is 22.7 Å². The number of hydrogen-bond donors (Lipinski definition) is 1. The van der Waals surface area contributed by atoms with Gasteiger partial charge in [-0.2, -0.15) is 0 Å². The monoisotopic (exact) mass is 348 g/mol. The maximum Gasteiger partial charge on any atom is 0.133 e. The van der Waals surface area contributed by atoms with E-state index in [2.05, 4.69) is 15.9 Å². The Balaban J connectivity index is 2.57. The maximum absolute atomic E-state index is 13.7. The molecule has 1 nitrogen and oxygen atoms in total. The van der Waals surface area contributed by atoms with Gasteiger partial charge >= 0.3 is 0 Å². The predicted molar refractivity (Wildman–Crippen MR) is 69.2 cm³/mol. The molecule has 0 radical (unpaired) electrons. The van der Waals surface area contributed by atoms with E-state index < -0.39 is 34.9 Å². The Labute approximate surface area is 121 Å². The summed E-state index contributed by atoms with van der Waals surface area (Å²) in [5.41, 5.74) is -1.000. The van der Waals surface area contributed by atoms with Crippen molar-refractivity contribution in [1.82, 2.24) is 0 Å². The van der Waals surface area contributed by atoms with Crippen molar-refractivity contribution in [2.75, 3.05) is 0 Å². The quantitative estimate of drug-likeness (QED) is 0.797. The molecule has 0 saturated heterocycles. The number of aryl methyl sites for hydroxylation is 1. The fraction of sp³-hybridized carbons (Fsp3) is 0.143. The molecule has 2 rings (SSSR count). The van der Waals surface area contributed by atoms with Crippen LogP contribution in [0.5, 0.6) is 0 Å². The first-order chi connectivity index (χ1) is 9.31. The third-order valence-corrected chi connectivity index (χ3v) is 3.35. The van der Waals surface area contributed by atoms with Crippen LogP contribution in [0.15, 0.2) is 28.7 Å². The van der Waals surface area contributed by atoms with Gasteiger partial charge < -0.3 is 5.11 Å². The molecule has 0 saturated carbocycles. The minimum atomic E-state index is -1.86. The maximum atomic E-state index is 13.7. The lowest BCUT2D eigenvalue weighted by molar-refractivity contribution is 0.203. The van der Waals surface area contributed by atoms with Crippen molar-refractivity contribution < 1.29 is 22.7 Å². The second-order valence-corrected chi connectivity index (χ2v) is 5.22. The van der Waals surface area contributed by atoms with E-state index in [1.54, 1.807) is 0 Å². The van der Waals surface area contributed by atoms with Gasteiger partial charge in [-0.15, -0.1) is 0 Å². The second kappa shape index (κ2) is 5.54. The first kappa shape index (κ1) is 15.0. The smallest absolute Gasteiger partial charge is 0.133 e. The summed E-state index contributed by atoms with van der Waals surface area (Å²) in [7, 11) is 0. The van der Waals surface area contributed by atoms with E-state index in [1.807, 2.05) is 0 Å². The van der Waals surface area contributed by atoms with Crippen LogP contribution in [0.2, 0.25) is 0 Å². The first-order valence-electron chi connectivity index (χ1n) is 5.59. The predicted octanol–water partition coefficient (Wildman–Crippen LogP) is 4.40. The van der Waals surface area contributed by atoms with Crippen LogP contribution in [0.4, 0.5) is 17.6 Å². The van der Waals surface area contributed by atoms with E-state index in [1.165, 1.54) is 6.92 Å². The van der Waals surface area contributed by atoms with Crippen molar-refractivity contribution in [3.05, 3.63) is 68.7 Å². The Morgan fingerprint density at radius 1 is 0.900 bits per heavy atom. The Morgan fingerprint density at radius 2 is 1.45 bits per heavy atom. The summed E-state index contributed by atoms with van der Waals surface area (Å²) in [6.45, 7) is 1.36.